The van der Waals surface area contributed by atoms with Crippen LogP contribution in [0.15, 0.2) is 22.6 Å². The molecule has 1 aromatic carbocycles. The van der Waals surface area contributed by atoms with E-state index in [0.29, 0.717) is 12.2 Å². The number of furan rings is 1. The number of hydrogen-bond donors (Lipinski definition) is 1. The molecule has 0 saturated heterocycles. The van der Waals surface area contributed by atoms with Crippen LogP contribution >= 0.6 is 0 Å². The molecule has 2 rings (SSSR count). The van der Waals surface area contributed by atoms with Crippen LogP contribution in [0.5, 0.6) is 0 Å². The molecule has 0 radical (unpaired) electrons. The highest BCUT2D eigenvalue weighted by molar-refractivity contribution is 5.82. The van der Waals surface area contributed by atoms with Gasteiger partial charge in [0.15, 0.2) is 11.4 Å². The lowest BCUT2D eigenvalue weighted by Crippen LogP contribution is -1.93. The molecule has 1 unspecified atom stereocenters. The van der Waals surface area contributed by atoms with Gasteiger partial charge in [-0.1, -0.05) is 19.4 Å². The van der Waals surface area contributed by atoms with Gasteiger partial charge in [0.1, 0.15) is 11.9 Å². The highest BCUT2D eigenvalue weighted by atomic mass is 19.1. The van der Waals surface area contributed by atoms with Gasteiger partial charge in [-0.2, -0.15) is 0 Å². The fourth-order valence-corrected chi connectivity index (χ4v) is 1.82. The van der Waals surface area contributed by atoms with E-state index in [9.17, 15) is 9.50 Å². The standard InChI is InChI=1S/C13H15FO2/c1-3-4-11(15)12-7-9-8(2)5-6-10(14)13(9)16-12/h5-7,11,15H,3-4H2,1-2H3. The van der Waals surface area contributed by atoms with Gasteiger partial charge >= 0.3 is 0 Å². The number of aliphatic hydroxyl groups excluding tert-OH is 1. The summed E-state index contributed by atoms with van der Waals surface area (Å²) in [4.78, 5) is 0. The molecule has 0 aliphatic carbocycles. The van der Waals surface area contributed by atoms with E-state index in [-0.39, 0.29) is 11.4 Å². The summed E-state index contributed by atoms with van der Waals surface area (Å²) in [6.07, 6.45) is 0.844. The van der Waals surface area contributed by atoms with E-state index in [2.05, 4.69) is 0 Å². The molecule has 16 heavy (non-hydrogen) atoms. The zero-order chi connectivity index (χ0) is 11.7. The molecule has 0 aliphatic heterocycles. The Morgan fingerprint density at radius 1 is 1.44 bits per heavy atom. The molecule has 0 fully saturated rings. The Morgan fingerprint density at radius 2 is 2.19 bits per heavy atom. The Bertz CT molecular complexity index is 463. The number of rotatable bonds is 3. The highest BCUT2D eigenvalue weighted by Crippen LogP contribution is 2.29. The van der Waals surface area contributed by atoms with Crippen molar-refractivity contribution in [2.24, 2.45) is 0 Å². The summed E-state index contributed by atoms with van der Waals surface area (Å²) >= 11 is 0. The van der Waals surface area contributed by atoms with Crippen LogP contribution in [0.1, 0.15) is 37.2 Å². The maximum atomic E-state index is 13.5. The molecule has 0 bridgehead atoms. The Kier molecular flexibility index (Phi) is 2.97. The van der Waals surface area contributed by atoms with E-state index in [1.807, 2.05) is 13.8 Å². The summed E-state index contributed by atoms with van der Waals surface area (Å²) in [5, 5.41) is 10.5. The molecule has 0 amide bonds. The predicted molar refractivity (Wildman–Crippen MR) is 60.8 cm³/mol. The fourth-order valence-electron chi connectivity index (χ4n) is 1.82. The van der Waals surface area contributed by atoms with Gasteiger partial charge in [0, 0.05) is 5.39 Å². The molecular formula is C13H15FO2. The second-order valence-corrected chi connectivity index (χ2v) is 4.06. The van der Waals surface area contributed by atoms with Gasteiger partial charge in [-0.25, -0.2) is 4.39 Å². The van der Waals surface area contributed by atoms with E-state index in [1.165, 1.54) is 6.07 Å². The summed E-state index contributed by atoms with van der Waals surface area (Å²) in [6, 6.07) is 4.83. The molecule has 1 heterocycles. The number of halogens is 1. The molecule has 2 aromatic rings. The van der Waals surface area contributed by atoms with Crippen LogP contribution in [0.3, 0.4) is 0 Å². The largest absolute Gasteiger partial charge is 0.455 e. The van der Waals surface area contributed by atoms with Crippen molar-refractivity contribution in [2.75, 3.05) is 0 Å². The van der Waals surface area contributed by atoms with Crippen LogP contribution in [0.25, 0.3) is 11.0 Å². The van der Waals surface area contributed by atoms with E-state index in [4.69, 9.17) is 4.42 Å². The minimum Gasteiger partial charge on any atom is -0.455 e. The molecular weight excluding hydrogens is 207 g/mol. The zero-order valence-corrected chi connectivity index (χ0v) is 9.46. The summed E-state index contributed by atoms with van der Waals surface area (Å²) in [7, 11) is 0. The number of benzene rings is 1. The quantitative estimate of drug-likeness (QED) is 0.858. The highest BCUT2D eigenvalue weighted by Gasteiger charge is 2.15. The van der Waals surface area contributed by atoms with Crippen molar-refractivity contribution in [2.45, 2.75) is 32.8 Å². The van der Waals surface area contributed by atoms with Gasteiger partial charge in [0.2, 0.25) is 0 Å². The molecule has 3 heteroatoms. The first kappa shape index (κ1) is 11.1. The van der Waals surface area contributed by atoms with Crippen molar-refractivity contribution in [1.82, 2.24) is 0 Å². The van der Waals surface area contributed by atoms with Crippen molar-refractivity contribution < 1.29 is 13.9 Å². The van der Waals surface area contributed by atoms with Crippen LogP contribution in [0.4, 0.5) is 4.39 Å². The van der Waals surface area contributed by atoms with Crippen LogP contribution in [-0.2, 0) is 0 Å². The van der Waals surface area contributed by atoms with Gasteiger partial charge in [-0.15, -0.1) is 0 Å². The smallest absolute Gasteiger partial charge is 0.170 e. The molecule has 0 aliphatic rings. The van der Waals surface area contributed by atoms with Crippen molar-refractivity contribution in [3.63, 3.8) is 0 Å². The van der Waals surface area contributed by atoms with Crippen LogP contribution in [-0.4, -0.2) is 5.11 Å². The molecule has 86 valence electrons. The van der Waals surface area contributed by atoms with Crippen LogP contribution < -0.4 is 0 Å². The van der Waals surface area contributed by atoms with E-state index < -0.39 is 6.10 Å². The summed E-state index contributed by atoms with van der Waals surface area (Å²) < 4.78 is 18.8. The maximum Gasteiger partial charge on any atom is 0.170 e. The Hall–Kier alpha value is -1.35. The summed E-state index contributed by atoms with van der Waals surface area (Å²) in [6.45, 7) is 3.88. The van der Waals surface area contributed by atoms with Crippen molar-refractivity contribution >= 4 is 11.0 Å². The third kappa shape index (κ3) is 1.83. The lowest BCUT2D eigenvalue weighted by Gasteiger charge is -2.03. The van der Waals surface area contributed by atoms with Crippen molar-refractivity contribution in [3.05, 3.63) is 35.3 Å². The molecule has 1 N–H and O–H groups in total. The van der Waals surface area contributed by atoms with Crippen LogP contribution in [0.2, 0.25) is 0 Å². The number of fused-ring (bicyclic) bond motifs is 1. The topological polar surface area (TPSA) is 33.4 Å². The number of aliphatic hydroxyl groups is 1. The number of aryl methyl sites for hydroxylation is 1. The van der Waals surface area contributed by atoms with Gasteiger partial charge in [0.05, 0.1) is 0 Å². The molecule has 0 spiro atoms. The third-order valence-corrected chi connectivity index (χ3v) is 2.76. The first-order valence-electron chi connectivity index (χ1n) is 5.50. The lowest BCUT2D eigenvalue weighted by molar-refractivity contribution is 0.141. The van der Waals surface area contributed by atoms with Crippen molar-refractivity contribution in [3.8, 4) is 0 Å². The molecule has 1 atom stereocenters. The third-order valence-electron chi connectivity index (χ3n) is 2.76. The average molecular weight is 222 g/mol. The maximum absolute atomic E-state index is 13.5. The van der Waals surface area contributed by atoms with Gasteiger partial charge < -0.3 is 9.52 Å². The predicted octanol–water partition coefficient (Wildman–Crippen LogP) is 3.71. The second-order valence-electron chi connectivity index (χ2n) is 4.06. The first-order chi connectivity index (χ1) is 7.63. The summed E-state index contributed by atoms with van der Waals surface area (Å²) in [5.74, 6) is 0.0700. The lowest BCUT2D eigenvalue weighted by atomic mass is 10.1. The Balaban J connectivity index is 2.51. The molecule has 0 saturated carbocycles. The first-order valence-corrected chi connectivity index (χ1v) is 5.50. The fraction of sp³-hybridized carbons (Fsp3) is 0.385. The van der Waals surface area contributed by atoms with E-state index in [1.54, 1.807) is 12.1 Å². The zero-order valence-electron chi connectivity index (χ0n) is 9.46. The van der Waals surface area contributed by atoms with Gasteiger partial charge in [-0.05, 0) is 31.0 Å². The monoisotopic (exact) mass is 222 g/mol. The van der Waals surface area contributed by atoms with Gasteiger partial charge in [-0.3, -0.25) is 0 Å². The minimum absolute atomic E-state index is 0.241. The van der Waals surface area contributed by atoms with Gasteiger partial charge in [0.25, 0.3) is 0 Å². The molecule has 2 nitrogen and oxygen atoms in total. The normalized spacial score (nSPS) is 13.2. The second kappa shape index (κ2) is 4.26. The SMILES string of the molecule is CCCC(O)c1cc2c(C)ccc(F)c2o1. The van der Waals surface area contributed by atoms with E-state index >= 15 is 0 Å². The molecule has 1 aromatic heterocycles. The Labute approximate surface area is 93.7 Å². The number of hydrogen-bond acceptors (Lipinski definition) is 2. The minimum atomic E-state index is -0.642. The Morgan fingerprint density at radius 3 is 2.81 bits per heavy atom. The van der Waals surface area contributed by atoms with E-state index in [0.717, 1.165) is 17.4 Å². The summed E-state index contributed by atoms with van der Waals surface area (Å²) in [5.41, 5.74) is 1.19. The van der Waals surface area contributed by atoms with Crippen LogP contribution in [0, 0.1) is 12.7 Å². The average Bonchev–Trinajstić information content (AvgIpc) is 2.70. The van der Waals surface area contributed by atoms with Crippen molar-refractivity contribution in [1.29, 1.82) is 0 Å².